The van der Waals surface area contributed by atoms with Gasteiger partial charge >= 0.3 is 0 Å². The lowest BCUT2D eigenvalue weighted by atomic mass is 10.1. The second kappa shape index (κ2) is 5.86. The minimum Gasteiger partial charge on any atom is -0.336 e. The third kappa shape index (κ3) is 3.50. The Labute approximate surface area is 126 Å². The Hall–Kier alpha value is -1.25. The molecule has 5 nitrogen and oxygen atoms in total. The maximum absolute atomic E-state index is 13.2. The zero-order chi connectivity index (χ0) is 15.8. The van der Waals surface area contributed by atoms with E-state index in [9.17, 15) is 22.0 Å². The summed E-state index contributed by atoms with van der Waals surface area (Å²) in [6, 6.07) is 1.50. The molecule has 1 heterocycles. The van der Waals surface area contributed by atoms with E-state index in [-0.39, 0.29) is 36.8 Å². The summed E-state index contributed by atoms with van der Waals surface area (Å²) in [5.41, 5.74) is -0.136. The number of hydrogen-bond donors (Lipinski definition) is 0. The van der Waals surface area contributed by atoms with Gasteiger partial charge in [0, 0.05) is 26.2 Å². The minimum absolute atomic E-state index is 0.136. The van der Waals surface area contributed by atoms with Crippen LogP contribution in [0.25, 0.3) is 0 Å². The summed E-state index contributed by atoms with van der Waals surface area (Å²) in [4.78, 5) is 13.6. The van der Waals surface area contributed by atoms with Crippen LogP contribution < -0.4 is 0 Å². The number of hydrogen-bond acceptors (Lipinski definition) is 3. The molecule has 9 heteroatoms. The Kier molecular flexibility index (Phi) is 4.50. The van der Waals surface area contributed by atoms with E-state index < -0.39 is 27.6 Å². The predicted octanol–water partition coefficient (Wildman–Crippen LogP) is 1.34. The van der Waals surface area contributed by atoms with Gasteiger partial charge in [0.1, 0.15) is 0 Å². The van der Waals surface area contributed by atoms with Crippen molar-refractivity contribution in [2.75, 3.05) is 32.4 Å². The molecular formula is C12H13ClF2N2O3S. The molecule has 0 bridgehead atoms. The second-order valence-corrected chi connectivity index (χ2v) is 7.09. The van der Waals surface area contributed by atoms with Crippen molar-refractivity contribution < 1.29 is 22.0 Å². The Morgan fingerprint density at radius 2 is 1.67 bits per heavy atom. The minimum atomic E-state index is -3.30. The number of halogens is 3. The van der Waals surface area contributed by atoms with Crippen LogP contribution in [0.15, 0.2) is 12.1 Å². The molecule has 0 aliphatic carbocycles. The summed E-state index contributed by atoms with van der Waals surface area (Å²) >= 11 is 5.76. The molecule has 1 amide bonds. The number of piperazine rings is 1. The van der Waals surface area contributed by atoms with E-state index in [1.807, 2.05) is 0 Å². The van der Waals surface area contributed by atoms with Gasteiger partial charge in [0.15, 0.2) is 11.6 Å². The van der Waals surface area contributed by atoms with Crippen LogP contribution >= 0.6 is 11.6 Å². The topological polar surface area (TPSA) is 57.7 Å². The van der Waals surface area contributed by atoms with E-state index in [0.717, 1.165) is 18.4 Å². The highest BCUT2D eigenvalue weighted by atomic mass is 35.5. The molecule has 21 heavy (non-hydrogen) atoms. The monoisotopic (exact) mass is 338 g/mol. The largest absolute Gasteiger partial charge is 0.336 e. The van der Waals surface area contributed by atoms with Gasteiger partial charge in [0.05, 0.1) is 16.8 Å². The van der Waals surface area contributed by atoms with Crippen LogP contribution in [0.4, 0.5) is 8.78 Å². The number of nitrogens with zero attached hydrogens (tertiary/aromatic N) is 2. The van der Waals surface area contributed by atoms with Crippen LogP contribution in [-0.2, 0) is 10.0 Å². The number of benzene rings is 1. The molecule has 1 fully saturated rings. The molecule has 2 rings (SSSR count). The van der Waals surface area contributed by atoms with Gasteiger partial charge in [-0.05, 0) is 12.1 Å². The van der Waals surface area contributed by atoms with E-state index in [0.29, 0.717) is 0 Å². The highest BCUT2D eigenvalue weighted by Crippen LogP contribution is 2.22. The SMILES string of the molecule is CS(=O)(=O)N1CCN(C(=O)c2cc(F)c(F)cc2Cl)CC1. The Morgan fingerprint density at radius 3 is 2.19 bits per heavy atom. The van der Waals surface area contributed by atoms with Crippen molar-refractivity contribution in [2.24, 2.45) is 0 Å². The summed E-state index contributed by atoms with van der Waals surface area (Å²) in [7, 11) is -3.30. The first-order valence-corrected chi connectivity index (χ1v) is 8.31. The first-order chi connectivity index (χ1) is 9.70. The number of amides is 1. The molecule has 1 aromatic rings. The fourth-order valence-electron chi connectivity index (χ4n) is 2.08. The Balaban J connectivity index is 2.14. The summed E-state index contributed by atoms with van der Waals surface area (Å²) in [6.45, 7) is 0.653. The maximum Gasteiger partial charge on any atom is 0.255 e. The average Bonchev–Trinajstić information content (AvgIpc) is 2.41. The normalized spacial score (nSPS) is 17.0. The number of sulfonamides is 1. The molecule has 1 saturated heterocycles. The highest BCUT2D eigenvalue weighted by molar-refractivity contribution is 7.88. The van der Waals surface area contributed by atoms with Gasteiger partial charge in [0.25, 0.3) is 5.91 Å². The zero-order valence-electron chi connectivity index (χ0n) is 11.1. The van der Waals surface area contributed by atoms with E-state index in [1.165, 1.54) is 9.21 Å². The molecule has 116 valence electrons. The van der Waals surface area contributed by atoms with Crippen LogP contribution in [-0.4, -0.2) is 56.0 Å². The average molecular weight is 339 g/mol. The van der Waals surface area contributed by atoms with Crippen molar-refractivity contribution >= 4 is 27.5 Å². The molecule has 0 spiro atoms. The van der Waals surface area contributed by atoms with Crippen LogP contribution in [0.1, 0.15) is 10.4 Å². The molecule has 0 aromatic heterocycles. The van der Waals surface area contributed by atoms with Gasteiger partial charge in [-0.25, -0.2) is 17.2 Å². The lowest BCUT2D eigenvalue weighted by Gasteiger charge is -2.33. The fraction of sp³-hybridized carbons (Fsp3) is 0.417. The van der Waals surface area contributed by atoms with Crippen LogP contribution in [0.3, 0.4) is 0 Å². The van der Waals surface area contributed by atoms with Gasteiger partial charge < -0.3 is 4.90 Å². The van der Waals surface area contributed by atoms with Crippen LogP contribution in [0.5, 0.6) is 0 Å². The van der Waals surface area contributed by atoms with Gasteiger partial charge in [0.2, 0.25) is 10.0 Å². The van der Waals surface area contributed by atoms with E-state index >= 15 is 0 Å². The van der Waals surface area contributed by atoms with Crippen molar-refractivity contribution in [3.05, 3.63) is 34.4 Å². The third-order valence-corrected chi connectivity index (χ3v) is 4.85. The number of carbonyl (C=O) groups excluding carboxylic acids is 1. The number of rotatable bonds is 2. The summed E-state index contributed by atoms with van der Waals surface area (Å²) < 4.78 is 50.2. The molecular weight excluding hydrogens is 326 g/mol. The molecule has 1 aliphatic heterocycles. The van der Waals surface area contributed by atoms with Crippen LogP contribution in [0.2, 0.25) is 5.02 Å². The van der Waals surface area contributed by atoms with Crippen molar-refractivity contribution in [3.8, 4) is 0 Å². The van der Waals surface area contributed by atoms with Gasteiger partial charge in [-0.3, -0.25) is 4.79 Å². The first kappa shape index (κ1) is 16.1. The zero-order valence-corrected chi connectivity index (χ0v) is 12.7. The lowest BCUT2D eigenvalue weighted by Crippen LogP contribution is -2.50. The Morgan fingerprint density at radius 1 is 1.14 bits per heavy atom. The highest BCUT2D eigenvalue weighted by Gasteiger charge is 2.28. The molecule has 0 radical (unpaired) electrons. The summed E-state index contributed by atoms with van der Waals surface area (Å²) in [5, 5.41) is -0.176. The molecule has 0 unspecified atom stereocenters. The van der Waals surface area contributed by atoms with Gasteiger partial charge in [-0.2, -0.15) is 4.31 Å². The van der Waals surface area contributed by atoms with Crippen molar-refractivity contribution in [1.82, 2.24) is 9.21 Å². The third-order valence-electron chi connectivity index (χ3n) is 3.24. The first-order valence-electron chi connectivity index (χ1n) is 6.09. The molecule has 1 aliphatic rings. The molecule has 0 N–H and O–H groups in total. The number of carbonyl (C=O) groups is 1. The van der Waals surface area contributed by atoms with Crippen LogP contribution in [0, 0.1) is 11.6 Å². The quantitative estimate of drug-likeness (QED) is 0.765. The lowest BCUT2D eigenvalue weighted by molar-refractivity contribution is 0.0698. The van der Waals surface area contributed by atoms with Crippen molar-refractivity contribution in [3.63, 3.8) is 0 Å². The van der Waals surface area contributed by atoms with Crippen molar-refractivity contribution in [1.29, 1.82) is 0 Å². The standard InChI is InChI=1S/C12H13ClF2N2O3S/c1-21(19,20)17-4-2-16(3-5-17)12(18)8-6-10(14)11(15)7-9(8)13/h6-7H,2-5H2,1H3. The maximum atomic E-state index is 13.2. The summed E-state index contributed by atoms with van der Waals surface area (Å²) in [5.74, 6) is -2.83. The van der Waals surface area contributed by atoms with Gasteiger partial charge in [-0.15, -0.1) is 0 Å². The van der Waals surface area contributed by atoms with E-state index in [2.05, 4.69) is 0 Å². The smallest absolute Gasteiger partial charge is 0.255 e. The summed E-state index contributed by atoms with van der Waals surface area (Å²) in [6.07, 6.45) is 1.09. The predicted molar refractivity (Wildman–Crippen MR) is 73.7 cm³/mol. The molecule has 0 saturated carbocycles. The second-order valence-electron chi connectivity index (χ2n) is 4.70. The Bertz CT molecular complexity index is 673. The van der Waals surface area contributed by atoms with E-state index in [1.54, 1.807) is 0 Å². The van der Waals surface area contributed by atoms with Crippen molar-refractivity contribution in [2.45, 2.75) is 0 Å². The molecule has 1 aromatic carbocycles. The fourth-order valence-corrected chi connectivity index (χ4v) is 3.14. The van der Waals surface area contributed by atoms with E-state index in [4.69, 9.17) is 11.6 Å². The van der Waals surface area contributed by atoms with Gasteiger partial charge in [-0.1, -0.05) is 11.6 Å². The molecule has 0 atom stereocenters.